The monoisotopic (exact) mass is 387 g/mol. The van der Waals surface area contributed by atoms with E-state index in [9.17, 15) is 9.59 Å². The summed E-state index contributed by atoms with van der Waals surface area (Å²) in [5.74, 6) is 0.601. The molecule has 2 aromatic carbocycles. The number of nitrogens with zero attached hydrogens (tertiary/aromatic N) is 1. The van der Waals surface area contributed by atoms with Crippen LogP contribution in [0.3, 0.4) is 0 Å². The van der Waals surface area contributed by atoms with Crippen molar-refractivity contribution < 1.29 is 14.3 Å². The van der Waals surface area contributed by atoms with Crippen molar-refractivity contribution in [1.29, 1.82) is 0 Å². The van der Waals surface area contributed by atoms with E-state index in [1.54, 1.807) is 60.5 Å². The first-order valence-electron chi connectivity index (χ1n) is 8.82. The minimum atomic E-state index is -0.215. The van der Waals surface area contributed by atoms with Gasteiger partial charge in [-0.3, -0.25) is 4.79 Å². The van der Waals surface area contributed by atoms with Gasteiger partial charge in [0.25, 0.3) is 5.91 Å². The first-order chi connectivity index (χ1) is 13.0. The van der Waals surface area contributed by atoms with E-state index in [1.165, 1.54) is 0 Å². The summed E-state index contributed by atoms with van der Waals surface area (Å²) in [4.78, 5) is 25.8. The van der Waals surface area contributed by atoms with E-state index in [0.29, 0.717) is 41.2 Å². The van der Waals surface area contributed by atoms with Gasteiger partial charge in [-0.1, -0.05) is 11.6 Å². The summed E-state index contributed by atoms with van der Waals surface area (Å²) < 4.78 is 5.61. The molecule has 1 fully saturated rings. The lowest BCUT2D eigenvalue weighted by Gasteiger charge is -2.18. The number of urea groups is 1. The molecule has 0 heterocycles. The molecule has 0 spiro atoms. The van der Waals surface area contributed by atoms with Crippen LogP contribution in [-0.2, 0) is 0 Å². The van der Waals surface area contributed by atoms with Crippen LogP contribution in [0.15, 0.2) is 48.5 Å². The van der Waals surface area contributed by atoms with Crippen molar-refractivity contribution >= 4 is 29.2 Å². The number of nitrogens with one attached hydrogen (secondary N) is 2. The van der Waals surface area contributed by atoms with Gasteiger partial charge in [0.2, 0.25) is 0 Å². The van der Waals surface area contributed by atoms with E-state index in [4.69, 9.17) is 16.3 Å². The zero-order chi connectivity index (χ0) is 19.2. The van der Waals surface area contributed by atoms with E-state index in [0.717, 1.165) is 12.8 Å². The van der Waals surface area contributed by atoms with Crippen molar-refractivity contribution in [3.63, 3.8) is 0 Å². The molecular weight excluding hydrogens is 366 g/mol. The number of carbonyl (C=O) groups is 2. The van der Waals surface area contributed by atoms with E-state index in [1.807, 2.05) is 0 Å². The number of likely N-dealkylation sites (N-methyl/N-ethyl adjacent to an activating group) is 1. The fraction of sp³-hybridized carbons (Fsp3) is 0.300. The highest BCUT2D eigenvalue weighted by Gasteiger charge is 2.23. The Hall–Kier alpha value is -2.73. The molecule has 142 valence electrons. The Labute approximate surface area is 163 Å². The largest absolute Gasteiger partial charge is 0.492 e. The maximum atomic E-state index is 12.5. The number of carbonyl (C=O) groups excluding carboxylic acids is 2. The molecule has 1 aliphatic rings. The summed E-state index contributed by atoms with van der Waals surface area (Å²) in [6, 6.07) is 14.0. The third-order valence-corrected chi connectivity index (χ3v) is 4.41. The van der Waals surface area contributed by atoms with Gasteiger partial charge in [-0.15, -0.1) is 0 Å². The molecule has 7 heteroatoms. The van der Waals surface area contributed by atoms with Gasteiger partial charge in [-0.05, 0) is 61.4 Å². The number of amides is 3. The maximum Gasteiger partial charge on any atom is 0.319 e. The highest BCUT2D eigenvalue weighted by atomic mass is 35.5. The average Bonchev–Trinajstić information content (AvgIpc) is 3.47. The second-order valence-electron chi connectivity index (χ2n) is 6.48. The highest BCUT2D eigenvalue weighted by Crippen LogP contribution is 2.19. The van der Waals surface area contributed by atoms with Crippen LogP contribution in [0.2, 0.25) is 5.02 Å². The van der Waals surface area contributed by atoms with E-state index in [-0.39, 0.29) is 11.9 Å². The summed E-state index contributed by atoms with van der Waals surface area (Å²) in [6.45, 7) is 0.829. The third-order valence-electron chi connectivity index (χ3n) is 4.16. The van der Waals surface area contributed by atoms with Crippen molar-refractivity contribution in [2.24, 2.45) is 0 Å². The predicted molar refractivity (Wildman–Crippen MR) is 106 cm³/mol. The van der Waals surface area contributed by atoms with Crippen molar-refractivity contribution in [3.05, 3.63) is 59.1 Å². The molecule has 27 heavy (non-hydrogen) atoms. The van der Waals surface area contributed by atoms with Crippen LogP contribution in [0.4, 0.5) is 10.5 Å². The van der Waals surface area contributed by atoms with Gasteiger partial charge in [0, 0.05) is 29.4 Å². The molecule has 0 unspecified atom stereocenters. The zero-order valence-electron chi connectivity index (χ0n) is 15.1. The fourth-order valence-corrected chi connectivity index (χ4v) is 2.56. The first-order valence-corrected chi connectivity index (χ1v) is 9.20. The molecule has 2 N–H and O–H groups in total. The van der Waals surface area contributed by atoms with Crippen LogP contribution >= 0.6 is 11.6 Å². The SMILES string of the molecule is CN(CCOc1ccc(Cl)cc1)C(=O)c1ccc(NC(=O)NC2CC2)cc1. The number of hydrogen-bond acceptors (Lipinski definition) is 3. The fourth-order valence-electron chi connectivity index (χ4n) is 2.43. The summed E-state index contributed by atoms with van der Waals surface area (Å²) >= 11 is 5.83. The van der Waals surface area contributed by atoms with Crippen LogP contribution in [0, 0.1) is 0 Å². The van der Waals surface area contributed by atoms with Gasteiger partial charge in [0.05, 0.1) is 6.54 Å². The van der Waals surface area contributed by atoms with Gasteiger partial charge >= 0.3 is 6.03 Å². The Morgan fingerprint density at radius 1 is 1.11 bits per heavy atom. The normalized spacial score (nSPS) is 13.0. The van der Waals surface area contributed by atoms with Crippen LogP contribution < -0.4 is 15.4 Å². The van der Waals surface area contributed by atoms with Gasteiger partial charge in [-0.2, -0.15) is 0 Å². The van der Waals surface area contributed by atoms with Gasteiger partial charge in [-0.25, -0.2) is 4.79 Å². The lowest BCUT2D eigenvalue weighted by molar-refractivity contribution is 0.0774. The quantitative estimate of drug-likeness (QED) is 0.759. The van der Waals surface area contributed by atoms with Crippen molar-refractivity contribution in [3.8, 4) is 5.75 Å². The lowest BCUT2D eigenvalue weighted by Crippen LogP contribution is -2.31. The Bertz CT molecular complexity index is 789. The molecule has 0 aromatic heterocycles. The van der Waals surface area contributed by atoms with Crippen LogP contribution in [0.1, 0.15) is 23.2 Å². The van der Waals surface area contributed by atoms with E-state index < -0.39 is 0 Å². The molecule has 0 bridgehead atoms. The number of hydrogen-bond donors (Lipinski definition) is 2. The van der Waals surface area contributed by atoms with Crippen LogP contribution in [-0.4, -0.2) is 43.1 Å². The smallest absolute Gasteiger partial charge is 0.319 e. The molecule has 0 aliphatic heterocycles. The molecule has 2 aromatic rings. The molecule has 0 radical (unpaired) electrons. The van der Waals surface area contributed by atoms with Crippen molar-refractivity contribution in [2.75, 3.05) is 25.5 Å². The average molecular weight is 388 g/mol. The van der Waals surface area contributed by atoms with Gasteiger partial charge < -0.3 is 20.3 Å². The Kier molecular flexibility index (Phi) is 6.19. The minimum absolute atomic E-state index is 0.108. The molecule has 0 atom stereocenters. The second kappa shape index (κ2) is 8.77. The van der Waals surface area contributed by atoms with Crippen LogP contribution in [0.5, 0.6) is 5.75 Å². The standard InChI is InChI=1S/C20H22ClN3O3/c1-24(12-13-27-18-10-4-15(21)5-11-18)19(25)14-2-6-16(7-3-14)22-20(26)23-17-8-9-17/h2-7,10-11,17H,8-9,12-13H2,1H3,(H2,22,23,26). The van der Waals surface area contributed by atoms with Crippen LogP contribution in [0.25, 0.3) is 0 Å². The molecule has 3 rings (SSSR count). The van der Waals surface area contributed by atoms with Gasteiger partial charge in [0.15, 0.2) is 0 Å². The molecular formula is C20H22ClN3O3. The van der Waals surface area contributed by atoms with E-state index >= 15 is 0 Å². The highest BCUT2D eigenvalue weighted by molar-refractivity contribution is 6.30. The summed E-state index contributed by atoms with van der Waals surface area (Å²) in [6.07, 6.45) is 2.07. The number of anilines is 1. The second-order valence-corrected chi connectivity index (χ2v) is 6.92. The maximum absolute atomic E-state index is 12.5. The lowest BCUT2D eigenvalue weighted by atomic mass is 10.2. The number of benzene rings is 2. The number of rotatable bonds is 7. The molecule has 3 amide bonds. The minimum Gasteiger partial charge on any atom is -0.492 e. The summed E-state index contributed by atoms with van der Waals surface area (Å²) in [7, 11) is 1.72. The first kappa shape index (κ1) is 19.0. The van der Waals surface area contributed by atoms with Crippen molar-refractivity contribution in [1.82, 2.24) is 10.2 Å². The molecule has 0 saturated heterocycles. The Morgan fingerprint density at radius 2 is 1.78 bits per heavy atom. The predicted octanol–water partition coefficient (Wildman–Crippen LogP) is 3.77. The topological polar surface area (TPSA) is 70.7 Å². The third kappa shape index (κ3) is 5.89. The zero-order valence-corrected chi connectivity index (χ0v) is 15.8. The number of halogens is 1. The number of ether oxygens (including phenoxy) is 1. The Morgan fingerprint density at radius 3 is 2.41 bits per heavy atom. The Balaban J connectivity index is 1.45. The van der Waals surface area contributed by atoms with Gasteiger partial charge in [0.1, 0.15) is 12.4 Å². The molecule has 1 aliphatic carbocycles. The van der Waals surface area contributed by atoms with Crippen molar-refractivity contribution in [2.45, 2.75) is 18.9 Å². The molecule has 1 saturated carbocycles. The van der Waals surface area contributed by atoms with E-state index in [2.05, 4.69) is 10.6 Å². The summed E-state index contributed by atoms with van der Waals surface area (Å²) in [5.41, 5.74) is 1.20. The summed E-state index contributed by atoms with van der Waals surface area (Å²) in [5, 5.41) is 6.26. The molecule has 6 nitrogen and oxygen atoms in total.